The van der Waals surface area contributed by atoms with Gasteiger partial charge in [0, 0.05) is 7.11 Å². The molecular weight excluding hydrogens is 549 g/mol. The van der Waals surface area contributed by atoms with E-state index in [9.17, 15) is 18.0 Å². The van der Waals surface area contributed by atoms with Gasteiger partial charge in [0.15, 0.2) is 5.41 Å². The summed E-state index contributed by atoms with van der Waals surface area (Å²) in [7, 11) is 1.85. The highest BCUT2D eigenvalue weighted by Gasteiger charge is 2.60. The summed E-state index contributed by atoms with van der Waals surface area (Å²) in [5, 5.41) is 0. The molecule has 0 fully saturated rings. The third kappa shape index (κ3) is 21.6. The zero-order chi connectivity index (χ0) is 32.5. The summed E-state index contributed by atoms with van der Waals surface area (Å²) >= 11 is 0. The van der Waals surface area contributed by atoms with Crippen LogP contribution in [0.1, 0.15) is 202 Å². The Kier molecular flexibility index (Phi) is 25.0. The molecule has 0 aromatic heterocycles. The molecular formula is C37H71F3O3. The number of ether oxygens (including phenoxy) is 2. The third-order valence-corrected chi connectivity index (χ3v) is 8.88. The topological polar surface area (TPSA) is 35.5 Å². The quantitative estimate of drug-likeness (QED) is 0.0616. The molecule has 0 N–H and O–H groups in total. The van der Waals surface area contributed by atoms with E-state index in [2.05, 4.69) is 13.8 Å². The van der Waals surface area contributed by atoms with E-state index in [0.717, 1.165) is 51.4 Å². The van der Waals surface area contributed by atoms with E-state index in [1.807, 2.05) is 7.11 Å². The Morgan fingerprint density at radius 2 is 0.884 bits per heavy atom. The molecule has 0 radical (unpaired) electrons. The second-order valence-electron chi connectivity index (χ2n) is 14.1. The predicted octanol–water partition coefficient (Wildman–Crippen LogP) is 13.1. The molecule has 0 bridgehead atoms. The molecule has 0 spiro atoms. The number of hydrogen-bond donors (Lipinski definition) is 0. The van der Waals surface area contributed by atoms with Crippen molar-refractivity contribution >= 4 is 5.97 Å². The first-order valence-electron chi connectivity index (χ1n) is 18.3. The van der Waals surface area contributed by atoms with Crippen molar-refractivity contribution in [3.63, 3.8) is 0 Å². The maximum absolute atomic E-state index is 14.4. The summed E-state index contributed by atoms with van der Waals surface area (Å²) < 4.78 is 54.3. The molecule has 0 aliphatic rings. The molecule has 0 aromatic rings. The fourth-order valence-electron chi connectivity index (χ4n) is 6.06. The van der Waals surface area contributed by atoms with Gasteiger partial charge in [-0.3, -0.25) is 4.79 Å². The normalized spacial score (nSPS) is 14.5. The average Bonchev–Trinajstić information content (AvgIpc) is 2.93. The molecule has 0 amide bonds. The van der Waals surface area contributed by atoms with Gasteiger partial charge < -0.3 is 9.47 Å². The fourth-order valence-corrected chi connectivity index (χ4v) is 6.06. The summed E-state index contributed by atoms with van der Waals surface area (Å²) in [6, 6.07) is 0. The van der Waals surface area contributed by atoms with Crippen molar-refractivity contribution in [2.24, 2.45) is 5.41 Å². The van der Waals surface area contributed by atoms with Crippen LogP contribution < -0.4 is 0 Å². The number of methoxy groups -OCH3 is 1. The van der Waals surface area contributed by atoms with Crippen LogP contribution in [0.25, 0.3) is 0 Å². The number of halogens is 3. The Hall–Kier alpha value is -0.780. The molecule has 0 aliphatic carbocycles. The van der Waals surface area contributed by atoms with Gasteiger partial charge in [-0.15, -0.1) is 0 Å². The zero-order valence-corrected chi connectivity index (χ0v) is 29.3. The molecule has 258 valence electrons. The minimum absolute atomic E-state index is 0.162. The summed E-state index contributed by atoms with van der Waals surface area (Å²) in [5.74, 6) is -1.08. The Balaban J connectivity index is 4.18. The van der Waals surface area contributed by atoms with Gasteiger partial charge in [-0.2, -0.15) is 13.2 Å². The van der Waals surface area contributed by atoms with Crippen molar-refractivity contribution in [1.82, 2.24) is 0 Å². The van der Waals surface area contributed by atoms with E-state index in [0.29, 0.717) is 18.9 Å². The number of carbonyl (C=O) groups is 1. The molecule has 0 rings (SSSR count). The second-order valence-corrected chi connectivity index (χ2v) is 14.1. The molecule has 0 heterocycles. The Morgan fingerprint density at radius 3 is 1.21 bits per heavy atom. The first-order chi connectivity index (χ1) is 20.4. The highest BCUT2D eigenvalue weighted by atomic mass is 19.4. The van der Waals surface area contributed by atoms with Crippen LogP contribution >= 0.6 is 0 Å². The van der Waals surface area contributed by atoms with Gasteiger partial charge in [0.2, 0.25) is 0 Å². The number of esters is 1. The van der Waals surface area contributed by atoms with Crippen molar-refractivity contribution in [3.05, 3.63) is 0 Å². The molecule has 2 unspecified atom stereocenters. The van der Waals surface area contributed by atoms with Gasteiger partial charge in [0.05, 0.1) is 6.10 Å². The molecule has 43 heavy (non-hydrogen) atoms. The van der Waals surface area contributed by atoms with E-state index in [-0.39, 0.29) is 12.8 Å². The third-order valence-electron chi connectivity index (χ3n) is 8.88. The number of alkyl halides is 3. The molecule has 2 atom stereocenters. The van der Waals surface area contributed by atoms with Crippen molar-refractivity contribution < 1.29 is 27.4 Å². The Bertz CT molecular complexity index is 644. The molecule has 0 aromatic carbocycles. The average molecular weight is 621 g/mol. The minimum Gasteiger partial charge on any atom is -0.459 e. The zero-order valence-electron chi connectivity index (χ0n) is 29.3. The van der Waals surface area contributed by atoms with Crippen LogP contribution in [-0.4, -0.2) is 31.0 Å². The van der Waals surface area contributed by atoms with E-state index in [1.165, 1.54) is 89.9 Å². The van der Waals surface area contributed by atoms with E-state index < -0.39 is 23.2 Å². The van der Waals surface area contributed by atoms with Crippen LogP contribution in [0.4, 0.5) is 13.2 Å². The lowest BCUT2D eigenvalue weighted by Gasteiger charge is -2.36. The number of carbonyl (C=O) groups excluding carboxylic acids is 1. The van der Waals surface area contributed by atoms with Crippen molar-refractivity contribution in [1.29, 1.82) is 0 Å². The monoisotopic (exact) mass is 621 g/mol. The summed E-state index contributed by atoms with van der Waals surface area (Å²) in [5.41, 5.74) is -3.32. The SMILES string of the molecule is CCCCCCCC(CCCCCCCCCCCCCCCC(CCCCCC)OC)(C(=O)OC(C)(C)C)C(F)(F)F. The molecule has 3 nitrogen and oxygen atoms in total. The maximum Gasteiger partial charge on any atom is 0.404 e. The van der Waals surface area contributed by atoms with Crippen LogP contribution in [-0.2, 0) is 14.3 Å². The van der Waals surface area contributed by atoms with Gasteiger partial charge in [0.25, 0.3) is 0 Å². The molecule has 0 saturated carbocycles. The Labute approximate surface area is 265 Å². The lowest BCUT2D eigenvalue weighted by molar-refractivity contribution is -0.244. The summed E-state index contributed by atoms with van der Waals surface area (Å²) in [6.07, 6.45) is 21.7. The molecule has 0 saturated heterocycles. The maximum atomic E-state index is 14.4. The van der Waals surface area contributed by atoms with Crippen LogP contribution in [0.5, 0.6) is 0 Å². The largest absolute Gasteiger partial charge is 0.459 e. The molecule has 6 heteroatoms. The van der Waals surface area contributed by atoms with Gasteiger partial charge >= 0.3 is 12.1 Å². The lowest BCUT2D eigenvalue weighted by atomic mass is 9.76. The lowest BCUT2D eigenvalue weighted by Crippen LogP contribution is -2.48. The highest BCUT2D eigenvalue weighted by molar-refractivity contribution is 5.78. The first-order valence-corrected chi connectivity index (χ1v) is 18.3. The summed E-state index contributed by atoms with van der Waals surface area (Å²) in [6.45, 7) is 9.26. The predicted molar refractivity (Wildman–Crippen MR) is 177 cm³/mol. The Morgan fingerprint density at radius 1 is 0.558 bits per heavy atom. The number of rotatable bonds is 29. The van der Waals surface area contributed by atoms with Crippen LogP contribution in [0, 0.1) is 5.41 Å². The molecule has 0 aliphatic heterocycles. The minimum atomic E-state index is -4.60. The van der Waals surface area contributed by atoms with E-state index in [1.54, 1.807) is 20.8 Å². The van der Waals surface area contributed by atoms with Crippen molar-refractivity contribution in [3.8, 4) is 0 Å². The first kappa shape index (κ1) is 42.2. The fraction of sp³-hybridized carbons (Fsp3) is 0.973. The number of hydrogen-bond acceptors (Lipinski definition) is 3. The number of unbranched alkanes of at least 4 members (excludes halogenated alkanes) is 19. The summed E-state index contributed by atoms with van der Waals surface area (Å²) in [4.78, 5) is 13.0. The van der Waals surface area contributed by atoms with E-state index >= 15 is 0 Å². The second kappa shape index (κ2) is 25.4. The van der Waals surface area contributed by atoms with Gasteiger partial charge in [-0.05, 0) is 46.5 Å². The van der Waals surface area contributed by atoms with Gasteiger partial charge in [-0.25, -0.2) is 0 Å². The van der Waals surface area contributed by atoms with Crippen molar-refractivity contribution in [2.45, 2.75) is 219 Å². The standard InChI is InChI=1S/C37H71F3O3/c1-7-9-11-23-27-31-36(37(38,39)40,34(41)43-35(3,4)5)32-28-24-21-19-17-15-13-14-16-18-20-22-26-30-33(42-6)29-25-12-10-8-2/h33H,7-32H2,1-6H3. The van der Waals surface area contributed by atoms with Crippen LogP contribution in [0.3, 0.4) is 0 Å². The van der Waals surface area contributed by atoms with Gasteiger partial charge in [0.1, 0.15) is 5.60 Å². The van der Waals surface area contributed by atoms with Crippen LogP contribution in [0.15, 0.2) is 0 Å². The highest BCUT2D eigenvalue weighted by Crippen LogP contribution is 2.48. The van der Waals surface area contributed by atoms with Crippen molar-refractivity contribution in [2.75, 3.05) is 7.11 Å². The van der Waals surface area contributed by atoms with Gasteiger partial charge in [-0.1, -0.05) is 155 Å². The smallest absolute Gasteiger partial charge is 0.404 e. The van der Waals surface area contributed by atoms with E-state index in [4.69, 9.17) is 9.47 Å². The van der Waals surface area contributed by atoms with Crippen LogP contribution in [0.2, 0.25) is 0 Å².